The highest BCUT2D eigenvalue weighted by atomic mass is 16.5. The minimum absolute atomic E-state index is 0.355. The lowest BCUT2D eigenvalue weighted by Crippen LogP contribution is -2.23. The van der Waals surface area contributed by atoms with Crippen LogP contribution >= 0.6 is 0 Å². The lowest BCUT2D eigenvalue weighted by atomic mass is 10.2. The molecule has 5 heteroatoms. The number of aromatic nitrogens is 2. The van der Waals surface area contributed by atoms with Crippen molar-refractivity contribution in [3.8, 4) is 5.88 Å². The van der Waals surface area contributed by atoms with Gasteiger partial charge >= 0.3 is 5.97 Å². The molecule has 16 heavy (non-hydrogen) atoms. The smallest absolute Gasteiger partial charge is 0.344 e. The summed E-state index contributed by atoms with van der Waals surface area (Å²) in [6, 6.07) is 7.52. The first kappa shape index (κ1) is 10.5. The third-order valence-corrected chi connectivity index (χ3v) is 2.36. The molecule has 84 valence electrons. The van der Waals surface area contributed by atoms with Crippen LogP contribution in [0.1, 0.15) is 6.92 Å². The zero-order valence-electron chi connectivity index (χ0n) is 9.04. The van der Waals surface area contributed by atoms with Crippen molar-refractivity contribution in [1.82, 2.24) is 9.78 Å². The second-order valence-electron chi connectivity index (χ2n) is 3.54. The quantitative estimate of drug-likeness (QED) is 0.849. The molecule has 0 radical (unpaired) electrons. The Bertz CT molecular complexity index is 533. The topological polar surface area (TPSA) is 64.4 Å². The molecular weight excluding hydrogens is 208 g/mol. The van der Waals surface area contributed by atoms with Crippen molar-refractivity contribution in [3.05, 3.63) is 24.3 Å². The predicted octanol–water partition coefficient (Wildman–Crippen LogP) is 1.43. The van der Waals surface area contributed by atoms with Crippen LogP contribution in [0.15, 0.2) is 24.3 Å². The van der Waals surface area contributed by atoms with Gasteiger partial charge in [0.05, 0.1) is 10.9 Å². The van der Waals surface area contributed by atoms with Gasteiger partial charge in [0.1, 0.15) is 0 Å². The van der Waals surface area contributed by atoms with E-state index in [1.807, 2.05) is 24.3 Å². The first-order valence-corrected chi connectivity index (χ1v) is 4.91. The van der Waals surface area contributed by atoms with E-state index >= 15 is 0 Å². The molecule has 0 aliphatic heterocycles. The van der Waals surface area contributed by atoms with Gasteiger partial charge in [-0.2, -0.15) is 0 Å². The minimum Gasteiger partial charge on any atom is -0.479 e. The fourth-order valence-corrected chi connectivity index (χ4v) is 1.49. The first-order valence-electron chi connectivity index (χ1n) is 4.91. The van der Waals surface area contributed by atoms with Crippen molar-refractivity contribution in [3.63, 3.8) is 0 Å². The molecule has 0 aliphatic rings. The molecule has 0 saturated carbocycles. The normalized spacial score (nSPS) is 12.6. The van der Waals surface area contributed by atoms with Crippen LogP contribution in [0, 0.1) is 0 Å². The van der Waals surface area contributed by atoms with Crippen LogP contribution in [-0.2, 0) is 11.8 Å². The average Bonchev–Trinajstić information content (AvgIpc) is 2.57. The van der Waals surface area contributed by atoms with E-state index in [1.165, 1.54) is 6.92 Å². The van der Waals surface area contributed by atoms with E-state index in [2.05, 4.69) is 5.10 Å². The van der Waals surface area contributed by atoms with Gasteiger partial charge in [0.2, 0.25) is 5.88 Å². The molecule has 1 atom stereocenters. The molecule has 2 rings (SSSR count). The molecule has 0 bridgehead atoms. The van der Waals surface area contributed by atoms with E-state index in [4.69, 9.17) is 9.84 Å². The van der Waals surface area contributed by atoms with E-state index in [1.54, 1.807) is 11.7 Å². The molecule has 1 heterocycles. The predicted molar refractivity (Wildman–Crippen MR) is 58.4 cm³/mol. The largest absolute Gasteiger partial charge is 0.479 e. The number of carbonyl (C=O) groups is 1. The second-order valence-corrected chi connectivity index (χ2v) is 3.54. The van der Waals surface area contributed by atoms with Gasteiger partial charge in [-0.1, -0.05) is 12.1 Å². The molecule has 1 N–H and O–H groups in total. The fraction of sp³-hybridized carbons (Fsp3) is 0.273. The number of hydrogen-bond donors (Lipinski definition) is 1. The standard InChI is InChI=1S/C11H12N2O3/c1-7(11(14)15)16-10-8-5-3-4-6-9(8)13(2)12-10/h3-7H,1-2H3,(H,14,15). The SMILES string of the molecule is CC(Oc1nn(C)c2ccccc12)C(=O)O. The fourth-order valence-electron chi connectivity index (χ4n) is 1.49. The number of carboxylic acids is 1. The molecular formula is C11H12N2O3. The van der Waals surface area contributed by atoms with Crippen LogP contribution in [0.5, 0.6) is 5.88 Å². The number of aliphatic carboxylic acids is 1. The van der Waals surface area contributed by atoms with E-state index in [9.17, 15) is 4.79 Å². The van der Waals surface area contributed by atoms with Gasteiger partial charge < -0.3 is 9.84 Å². The van der Waals surface area contributed by atoms with Crippen LogP contribution < -0.4 is 4.74 Å². The number of hydrogen-bond acceptors (Lipinski definition) is 3. The van der Waals surface area contributed by atoms with Crippen molar-refractivity contribution < 1.29 is 14.6 Å². The Balaban J connectivity index is 2.42. The highest BCUT2D eigenvalue weighted by Crippen LogP contribution is 2.24. The summed E-state index contributed by atoms with van der Waals surface area (Å²) in [6.45, 7) is 1.48. The highest BCUT2D eigenvalue weighted by molar-refractivity contribution is 5.85. The molecule has 1 aromatic heterocycles. The Kier molecular flexibility index (Phi) is 2.52. The Hall–Kier alpha value is -2.04. The molecule has 5 nitrogen and oxygen atoms in total. The van der Waals surface area contributed by atoms with Crippen molar-refractivity contribution in [2.75, 3.05) is 0 Å². The van der Waals surface area contributed by atoms with Gasteiger partial charge in [0, 0.05) is 7.05 Å². The van der Waals surface area contributed by atoms with Crippen molar-refractivity contribution in [2.45, 2.75) is 13.0 Å². The van der Waals surface area contributed by atoms with Crippen LogP contribution in [0.3, 0.4) is 0 Å². The van der Waals surface area contributed by atoms with Gasteiger partial charge in [0.25, 0.3) is 0 Å². The minimum atomic E-state index is -1.00. The lowest BCUT2D eigenvalue weighted by Gasteiger charge is -2.06. The summed E-state index contributed by atoms with van der Waals surface area (Å²) < 4.78 is 6.94. The number of ether oxygens (including phenoxy) is 1. The number of carboxylic acid groups (broad SMARTS) is 1. The number of para-hydroxylation sites is 1. The third kappa shape index (κ3) is 1.71. The van der Waals surface area contributed by atoms with Gasteiger partial charge in [-0.25, -0.2) is 4.79 Å². The number of nitrogens with zero attached hydrogens (tertiary/aromatic N) is 2. The zero-order chi connectivity index (χ0) is 11.7. The van der Waals surface area contributed by atoms with Crippen LogP contribution in [0.25, 0.3) is 10.9 Å². The molecule has 0 amide bonds. The number of rotatable bonds is 3. The van der Waals surface area contributed by atoms with E-state index in [-0.39, 0.29) is 0 Å². The van der Waals surface area contributed by atoms with E-state index < -0.39 is 12.1 Å². The van der Waals surface area contributed by atoms with Crippen LogP contribution in [0.4, 0.5) is 0 Å². The Morgan fingerprint density at radius 2 is 2.19 bits per heavy atom. The summed E-state index contributed by atoms with van der Waals surface area (Å²) in [4.78, 5) is 10.7. The summed E-state index contributed by atoms with van der Waals surface area (Å²) in [5, 5.41) is 13.7. The monoisotopic (exact) mass is 220 g/mol. The van der Waals surface area contributed by atoms with Gasteiger partial charge in [-0.15, -0.1) is 5.10 Å². The zero-order valence-corrected chi connectivity index (χ0v) is 9.04. The molecule has 1 unspecified atom stereocenters. The molecule has 0 spiro atoms. The van der Waals surface area contributed by atoms with Crippen molar-refractivity contribution in [1.29, 1.82) is 0 Å². The number of fused-ring (bicyclic) bond motifs is 1. The van der Waals surface area contributed by atoms with E-state index in [0.717, 1.165) is 10.9 Å². The summed E-state index contributed by atoms with van der Waals surface area (Å²) in [5.41, 5.74) is 0.912. The summed E-state index contributed by atoms with van der Waals surface area (Å²) in [7, 11) is 1.79. The Morgan fingerprint density at radius 1 is 1.50 bits per heavy atom. The van der Waals surface area contributed by atoms with Crippen molar-refractivity contribution >= 4 is 16.9 Å². The number of benzene rings is 1. The summed E-state index contributed by atoms with van der Waals surface area (Å²) in [5.74, 6) is -0.650. The van der Waals surface area contributed by atoms with Gasteiger partial charge in [-0.3, -0.25) is 4.68 Å². The molecule has 0 fully saturated rings. The first-order chi connectivity index (χ1) is 7.59. The van der Waals surface area contributed by atoms with Gasteiger partial charge in [0.15, 0.2) is 6.10 Å². The summed E-state index contributed by atoms with van der Waals surface area (Å²) >= 11 is 0. The maximum absolute atomic E-state index is 10.7. The molecule has 0 saturated heterocycles. The summed E-state index contributed by atoms with van der Waals surface area (Å²) in [6.07, 6.45) is -0.904. The Labute approximate surface area is 92.2 Å². The maximum atomic E-state index is 10.7. The van der Waals surface area contributed by atoms with Crippen molar-refractivity contribution in [2.24, 2.45) is 7.05 Å². The molecule has 0 aliphatic carbocycles. The maximum Gasteiger partial charge on any atom is 0.344 e. The highest BCUT2D eigenvalue weighted by Gasteiger charge is 2.16. The lowest BCUT2D eigenvalue weighted by molar-refractivity contribution is -0.144. The number of aryl methyl sites for hydroxylation is 1. The average molecular weight is 220 g/mol. The Morgan fingerprint density at radius 3 is 2.88 bits per heavy atom. The van der Waals surface area contributed by atoms with E-state index in [0.29, 0.717) is 5.88 Å². The third-order valence-electron chi connectivity index (χ3n) is 2.36. The van der Waals surface area contributed by atoms with Gasteiger partial charge in [-0.05, 0) is 19.1 Å². The molecule has 2 aromatic rings. The molecule has 1 aromatic carbocycles. The second kappa shape index (κ2) is 3.84. The van der Waals surface area contributed by atoms with Crippen LogP contribution in [-0.4, -0.2) is 27.0 Å². The van der Waals surface area contributed by atoms with Crippen LogP contribution in [0.2, 0.25) is 0 Å².